The lowest BCUT2D eigenvalue weighted by atomic mass is 9.89. The number of ether oxygens (including phenoxy) is 4. The molecule has 8 nitrogen and oxygen atoms in total. The lowest BCUT2D eigenvalue weighted by molar-refractivity contribution is -0.183. The standard InChI is InChI=1S/C20H36N2O6/c1-18(2,3)27-16(23)21-11-12-22(17(24)28-19(4,5)6)15-7-9-20(10-8-15)25-13-14-26-20/h15H,7-14H2,1-6H3,(H,21,23). The number of nitrogens with one attached hydrogen (secondary N) is 1. The summed E-state index contributed by atoms with van der Waals surface area (Å²) in [6, 6.07) is 0.0220. The summed E-state index contributed by atoms with van der Waals surface area (Å²) < 4.78 is 22.4. The number of rotatable bonds is 4. The van der Waals surface area contributed by atoms with Crippen LogP contribution in [0.5, 0.6) is 0 Å². The molecule has 2 aliphatic rings. The minimum atomic E-state index is -0.582. The highest BCUT2D eigenvalue weighted by Gasteiger charge is 2.42. The monoisotopic (exact) mass is 400 g/mol. The van der Waals surface area contributed by atoms with E-state index in [1.165, 1.54) is 0 Å². The molecule has 0 radical (unpaired) electrons. The van der Waals surface area contributed by atoms with Crippen LogP contribution in [0.1, 0.15) is 67.2 Å². The molecule has 0 unspecified atom stereocenters. The minimum absolute atomic E-state index is 0.0220. The van der Waals surface area contributed by atoms with Gasteiger partial charge in [0.15, 0.2) is 5.79 Å². The molecule has 1 saturated carbocycles. The van der Waals surface area contributed by atoms with Gasteiger partial charge in [0.05, 0.1) is 13.2 Å². The van der Waals surface area contributed by atoms with E-state index in [1.807, 2.05) is 41.5 Å². The van der Waals surface area contributed by atoms with E-state index in [0.717, 1.165) is 25.7 Å². The van der Waals surface area contributed by atoms with Crippen molar-refractivity contribution < 1.29 is 28.5 Å². The van der Waals surface area contributed by atoms with Gasteiger partial charge >= 0.3 is 12.2 Å². The van der Waals surface area contributed by atoms with E-state index in [-0.39, 0.29) is 12.1 Å². The second-order valence-electron chi connectivity index (χ2n) is 9.44. The summed E-state index contributed by atoms with van der Waals surface area (Å²) in [4.78, 5) is 26.4. The zero-order valence-electron chi connectivity index (χ0n) is 18.1. The Morgan fingerprint density at radius 2 is 1.54 bits per heavy atom. The predicted octanol–water partition coefficient (Wildman–Crippen LogP) is 3.43. The number of carbonyl (C=O) groups excluding carboxylic acids is 2. The van der Waals surface area contributed by atoms with Gasteiger partial charge in [0.2, 0.25) is 0 Å². The molecule has 0 aromatic heterocycles. The highest BCUT2D eigenvalue weighted by Crippen LogP contribution is 2.37. The van der Waals surface area contributed by atoms with Crippen LogP contribution >= 0.6 is 0 Å². The van der Waals surface area contributed by atoms with Gasteiger partial charge in [-0.05, 0) is 54.4 Å². The number of hydrogen-bond donors (Lipinski definition) is 1. The Hall–Kier alpha value is -1.54. The van der Waals surface area contributed by atoms with Crippen LogP contribution < -0.4 is 5.32 Å². The third kappa shape index (κ3) is 7.13. The first-order chi connectivity index (χ1) is 12.9. The van der Waals surface area contributed by atoms with Crippen molar-refractivity contribution in [2.75, 3.05) is 26.3 Å². The quantitative estimate of drug-likeness (QED) is 0.778. The molecule has 8 heteroatoms. The number of hydrogen-bond acceptors (Lipinski definition) is 6. The highest BCUT2D eigenvalue weighted by atomic mass is 16.7. The summed E-state index contributed by atoms with van der Waals surface area (Å²) >= 11 is 0. The largest absolute Gasteiger partial charge is 0.444 e. The molecule has 1 heterocycles. The van der Waals surface area contributed by atoms with Crippen LogP contribution in [0.4, 0.5) is 9.59 Å². The molecule has 1 aliphatic heterocycles. The van der Waals surface area contributed by atoms with Crippen molar-refractivity contribution in [3.8, 4) is 0 Å². The maximum absolute atomic E-state index is 12.8. The number of alkyl carbamates (subject to hydrolysis) is 1. The van der Waals surface area contributed by atoms with Crippen LogP contribution in [0.25, 0.3) is 0 Å². The molecule has 1 N–H and O–H groups in total. The normalized spacial score (nSPS) is 20.1. The van der Waals surface area contributed by atoms with Crippen molar-refractivity contribution in [1.29, 1.82) is 0 Å². The van der Waals surface area contributed by atoms with E-state index in [9.17, 15) is 9.59 Å². The van der Waals surface area contributed by atoms with Crippen LogP contribution in [-0.2, 0) is 18.9 Å². The Morgan fingerprint density at radius 3 is 2.04 bits per heavy atom. The van der Waals surface area contributed by atoms with Gasteiger partial charge in [0, 0.05) is 32.0 Å². The minimum Gasteiger partial charge on any atom is -0.444 e. The van der Waals surface area contributed by atoms with Crippen molar-refractivity contribution >= 4 is 12.2 Å². The molecule has 2 fully saturated rings. The van der Waals surface area contributed by atoms with Gasteiger partial charge < -0.3 is 29.2 Å². The van der Waals surface area contributed by atoms with E-state index < -0.39 is 23.1 Å². The first-order valence-electron chi connectivity index (χ1n) is 10.1. The fourth-order valence-corrected chi connectivity index (χ4v) is 3.48. The zero-order chi connectivity index (χ0) is 21.0. The lowest BCUT2D eigenvalue weighted by Gasteiger charge is -2.40. The van der Waals surface area contributed by atoms with Gasteiger partial charge in [-0.2, -0.15) is 0 Å². The Morgan fingerprint density at radius 1 is 1.00 bits per heavy atom. The number of amides is 2. The molecule has 0 aromatic carbocycles. The van der Waals surface area contributed by atoms with E-state index in [1.54, 1.807) is 4.90 Å². The average molecular weight is 401 g/mol. The second-order valence-corrected chi connectivity index (χ2v) is 9.44. The van der Waals surface area contributed by atoms with Crippen LogP contribution in [0.15, 0.2) is 0 Å². The molecular weight excluding hydrogens is 364 g/mol. The van der Waals surface area contributed by atoms with Crippen molar-refractivity contribution in [3.05, 3.63) is 0 Å². The molecule has 1 aliphatic carbocycles. The summed E-state index contributed by atoms with van der Waals surface area (Å²) in [5.41, 5.74) is -1.14. The zero-order valence-corrected chi connectivity index (χ0v) is 18.1. The predicted molar refractivity (Wildman–Crippen MR) is 104 cm³/mol. The smallest absolute Gasteiger partial charge is 0.410 e. The molecule has 1 spiro atoms. The second kappa shape index (κ2) is 8.86. The first-order valence-corrected chi connectivity index (χ1v) is 10.1. The molecule has 2 amide bonds. The summed E-state index contributed by atoms with van der Waals surface area (Å²) in [7, 11) is 0. The number of carbonyl (C=O) groups is 2. The maximum Gasteiger partial charge on any atom is 0.410 e. The van der Waals surface area contributed by atoms with Crippen LogP contribution in [0.2, 0.25) is 0 Å². The molecule has 2 rings (SSSR count). The third-order valence-electron chi connectivity index (χ3n) is 4.62. The number of nitrogens with zero attached hydrogens (tertiary/aromatic N) is 1. The highest BCUT2D eigenvalue weighted by molar-refractivity contribution is 5.69. The van der Waals surface area contributed by atoms with Gasteiger partial charge in [0.1, 0.15) is 11.2 Å². The van der Waals surface area contributed by atoms with Gasteiger partial charge in [-0.15, -0.1) is 0 Å². The Balaban J connectivity index is 1.93. The third-order valence-corrected chi connectivity index (χ3v) is 4.62. The molecule has 0 atom stereocenters. The van der Waals surface area contributed by atoms with E-state index >= 15 is 0 Å². The molecule has 28 heavy (non-hydrogen) atoms. The average Bonchev–Trinajstić information content (AvgIpc) is 2.97. The maximum atomic E-state index is 12.8. The van der Waals surface area contributed by atoms with Gasteiger partial charge in [-0.3, -0.25) is 0 Å². The van der Waals surface area contributed by atoms with E-state index in [2.05, 4.69) is 5.32 Å². The Bertz CT molecular complexity index is 536. The summed E-state index contributed by atoms with van der Waals surface area (Å²) in [6.07, 6.45) is 2.17. The fourth-order valence-electron chi connectivity index (χ4n) is 3.48. The van der Waals surface area contributed by atoms with Crippen LogP contribution in [0.3, 0.4) is 0 Å². The van der Waals surface area contributed by atoms with Crippen LogP contribution in [0, 0.1) is 0 Å². The van der Waals surface area contributed by atoms with Crippen molar-refractivity contribution in [2.45, 2.75) is 90.3 Å². The molecule has 162 valence electrons. The summed E-state index contributed by atoms with van der Waals surface area (Å²) in [5.74, 6) is -0.481. The first kappa shape index (κ1) is 22.7. The van der Waals surface area contributed by atoms with Gasteiger partial charge in [-0.1, -0.05) is 0 Å². The summed E-state index contributed by atoms with van der Waals surface area (Å²) in [6.45, 7) is 12.9. The van der Waals surface area contributed by atoms with Crippen LogP contribution in [-0.4, -0.2) is 66.4 Å². The Kier molecular flexibility index (Phi) is 7.20. The Labute approximate surface area is 168 Å². The van der Waals surface area contributed by atoms with Gasteiger partial charge in [0.25, 0.3) is 0 Å². The fraction of sp³-hybridized carbons (Fsp3) is 0.900. The van der Waals surface area contributed by atoms with E-state index in [0.29, 0.717) is 26.3 Å². The molecule has 0 aromatic rings. The van der Waals surface area contributed by atoms with E-state index in [4.69, 9.17) is 18.9 Å². The van der Waals surface area contributed by atoms with Crippen molar-refractivity contribution in [1.82, 2.24) is 10.2 Å². The van der Waals surface area contributed by atoms with Crippen molar-refractivity contribution in [3.63, 3.8) is 0 Å². The van der Waals surface area contributed by atoms with Crippen molar-refractivity contribution in [2.24, 2.45) is 0 Å². The molecular formula is C20H36N2O6. The topological polar surface area (TPSA) is 86.3 Å². The molecule has 1 saturated heterocycles. The lowest BCUT2D eigenvalue weighted by Crippen LogP contribution is -2.50. The molecule has 0 bridgehead atoms. The van der Waals surface area contributed by atoms with Gasteiger partial charge in [-0.25, -0.2) is 9.59 Å². The summed E-state index contributed by atoms with van der Waals surface area (Å²) in [5, 5.41) is 2.72. The SMILES string of the molecule is CC(C)(C)OC(=O)NCCN(C(=O)OC(C)(C)C)C1CCC2(CC1)OCCO2.